The topological polar surface area (TPSA) is 90.5 Å². The van der Waals surface area contributed by atoms with E-state index in [4.69, 9.17) is 0 Å². The zero-order valence-corrected chi connectivity index (χ0v) is 15.4. The molecule has 0 spiro atoms. The summed E-state index contributed by atoms with van der Waals surface area (Å²) in [5.41, 5.74) is 0.437. The van der Waals surface area contributed by atoms with E-state index in [1.807, 2.05) is 0 Å². The van der Waals surface area contributed by atoms with Gasteiger partial charge in [-0.3, -0.25) is 14.9 Å². The summed E-state index contributed by atoms with van der Waals surface area (Å²) < 4.78 is 13.2. The van der Waals surface area contributed by atoms with Crippen LogP contribution in [0.3, 0.4) is 0 Å². The second-order valence-electron chi connectivity index (χ2n) is 7.49. The number of hydrogen-bond donors (Lipinski definition) is 4. The summed E-state index contributed by atoms with van der Waals surface area (Å²) in [6.07, 6.45) is 4.88. The molecule has 1 aromatic rings. The van der Waals surface area contributed by atoms with Gasteiger partial charge in [0, 0.05) is 19.0 Å². The maximum Gasteiger partial charge on any atom is 0.225 e. The van der Waals surface area contributed by atoms with Crippen LogP contribution in [0, 0.1) is 11.7 Å². The maximum atomic E-state index is 13.2. The molecule has 1 saturated carbocycles. The van der Waals surface area contributed by atoms with E-state index in [1.54, 1.807) is 6.07 Å². The molecule has 27 heavy (non-hydrogen) atoms. The average molecular weight is 377 g/mol. The highest BCUT2D eigenvalue weighted by Gasteiger charge is 2.36. The molecular weight excluding hydrogens is 349 g/mol. The van der Waals surface area contributed by atoms with Crippen LogP contribution in [-0.4, -0.2) is 35.7 Å². The molecule has 4 atom stereocenters. The van der Waals surface area contributed by atoms with Crippen molar-refractivity contribution in [3.63, 3.8) is 0 Å². The van der Waals surface area contributed by atoms with Crippen LogP contribution in [-0.2, 0) is 9.59 Å². The van der Waals surface area contributed by atoms with Crippen LogP contribution < -0.4 is 16.0 Å². The molecule has 148 valence electrons. The van der Waals surface area contributed by atoms with Gasteiger partial charge in [0.25, 0.3) is 0 Å². The molecule has 0 bridgehead atoms. The van der Waals surface area contributed by atoms with Crippen LogP contribution in [0.2, 0.25) is 0 Å². The Hall–Kier alpha value is -1.99. The van der Waals surface area contributed by atoms with E-state index >= 15 is 0 Å². The Bertz CT molecular complexity index is 670. The Labute approximate surface area is 158 Å². The van der Waals surface area contributed by atoms with Crippen LogP contribution in [0.15, 0.2) is 24.3 Å². The van der Waals surface area contributed by atoms with Crippen LogP contribution >= 0.6 is 0 Å². The Morgan fingerprint density at radius 3 is 2.96 bits per heavy atom. The van der Waals surface area contributed by atoms with Crippen LogP contribution in [0.4, 0.5) is 4.39 Å². The molecule has 3 rings (SSSR count). The molecular formula is C20H28FN3O3. The van der Waals surface area contributed by atoms with E-state index in [2.05, 4.69) is 16.0 Å². The number of carbonyl (C=O) groups is 2. The molecule has 4 unspecified atom stereocenters. The minimum Gasteiger partial charge on any atom is -0.387 e. The van der Waals surface area contributed by atoms with Crippen molar-refractivity contribution in [2.45, 2.75) is 63.3 Å². The van der Waals surface area contributed by atoms with E-state index in [-0.39, 0.29) is 36.5 Å². The van der Waals surface area contributed by atoms with Gasteiger partial charge in [0.1, 0.15) is 5.82 Å². The fourth-order valence-electron chi connectivity index (χ4n) is 3.98. The third-order valence-electron chi connectivity index (χ3n) is 5.46. The lowest BCUT2D eigenvalue weighted by atomic mass is 9.82. The molecule has 7 heteroatoms. The molecule has 1 saturated heterocycles. The molecule has 0 radical (unpaired) electrons. The summed E-state index contributed by atoms with van der Waals surface area (Å²) in [5.74, 6) is -0.364. The lowest BCUT2D eigenvalue weighted by Gasteiger charge is -2.40. The minimum atomic E-state index is -0.938. The van der Waals surface area contributed by atoms with Crippen molar-refractivity contribution in [1.29, 1.82) is 0 Å². The van der Waals surface area contributed by atoms with Crippen molar-refractivity contribution in [3.8, 4) is 0 Å². The number of aliphatic hydroxyl groups is 1. The summed E-state index contributed by atoms with van der Waals surface area (Å²) in [7, 11) is 0. The molecule has 6 nitrogen and oxygen atoms in total. The second kappa shape index (κ2) is 9.28. The normalized spacial score (nSPS) is 26.0. The van der Waals surface area contributed by atoms with Crippen LogP contribution in [0.25, 0.3) is 0 Å². The first-order valence-electron chi connectivity index (χ1n) is 9.79. The Morgan fingerprint density at radius 1 is 1.33 bits per heavy atom. The van der Waals surface area contributed by atoms with E-state index in [9.17, 15) is 19.1 Å². The number of benzene rings is 1. The maximum absolute atomic E-state index is 13.2. The first-order chi connectivity index (χ1) is 13.0. The fraction of sp³-hybridized carbons (Fsp3) is 0.600. The first-order valence-corrected chi connectivity index (χ1v) is 9.79. The predicted octanol–water partition coefficient (Wildman–Crippen LogP) is 1.75. The average Bonchev–Trinajstić information content (AvgIpc) is 2.66. The van der Waals surface area contributed by atoms with E-state index in [0.29, 0.717) is 24.8 Å². The number of halogens is 1. The number of amides is 2. The molecule has 2 amide bonds. The highest BCUT2D eigenvalue weighted by Crippen LogP contribution is 2.27. The number of carbonyl (C=O) groups excluding carboxylic acids is 2. The molecule has 0 aromatic heterocycles. The third-order valence-corrected chi connectivity index (χ3v) is 5.46. The number of fused-ring (bicyclic) bond motifs is 1. The summed E-state index contributed by atoms with van der Waals surface area (Å²) in [5, 5.41) is 19.2. The van der Waals surface area contributed by atoms with Gasteiger partial charge in [0.2, 0.25) is 11.8 Å². The van der Waals surface area contributed by atoms with E-state index < -0.39 is 11.9 Å². The Balaban J connectivity index is 1.35. The highest BCUT2D eigenvalue weighted by atomic mass is 19.1. The zero-order chi connectivity index (χ0) is 19.2. The Kier molecular flexibility index (Phi) is 6.79. The van der Waals surface area contributed by atoms with Crippen molar-refractivity contribution in [2.75, 3.05) is 6.54 Å². The van der Waals surface area contributed by atoms with E-state index in [0.717, 1.165) is 25.7 Å². The number of aliphatic hydroxyl groups excluding tert-OH is 1. The molecule has 1 aromatic carbocycles. The number of hydrogen-bond acceptors (Lipinski definition) is 4. The molecule has 4 N–H and O–H groups in total. The van der Waals surface area contributed by atoms with Gasteiger partial charge in [-0.05, 0) is 43.4 Å². The molecule has 2 aliphatic rings. The van der Waals surface area contributed by atoms with Gasteiger partial charge in [-0.1, -0.05) is 25.0 Å². The predicted molar refractivity (Wildman–Crippen MR) is 99.0 cm³/mol. The van der Waals surface area contributed by atoms with Crippen molar-refractivity contribution in [3.05, 3.63) is 35.6 Å². The third kappa shape index (κ3) is 5.49. The monoisotopic (exact) mass is 377 g/mol. The fourth-order valence-corrected chi connectivity index (χ4v) is 3.98. The summed E-state index contributed by atoms with van der Waals surface area (Å²) in [6.45, 7) is 0.0461. The summed E-state index contributed by atoms with van der Waals surface area (Å²) >= 11 is 0. The SMILES string of the molecule is O=C(CCCC1NC(=O)C2CCCCC2N1)NCC(O)c1cccc(F)c1. The smallest absolute Gasteiger partial charge is 0.225 e. The standard InChI is InChI=1S/C20H28FN3O3/c21-14-6-3-5-13(11-14)17(25)12-22-19(26)10-4-9-18-23-16-8-2-1-7-15(16)20(27)24-18/h3,5-6,11,15-18,23,25H,1-2,4,7-10,12H2,(H,22,26)(H,24,27). The lowest BCUT2D eigenvalue weighted by molar-refractivity contribution is -0.130. The summed E-state index contributed by atoms with van der Waals surface area (Å²) in [4.78, 5) is 24.2. The van der Waals surface area contributed by atoms with Gasteiger partial charge in [-0.15, -0.1) is 0 Å². The van der Waals surface area contributed by atoms with Crippen molar-refractivity contribution in [1.82, 2.24) is 16.0 Å². The Morgan fingerprint density at radius 2 is 2.15 bits per heavy atom. The highest BCUT2D eigenvalue weighted by molar-refractivity contribution is 5.80. The van der Waals surface area contributed by atoms with Crippen molar-refractivity contribution in [2.24, 2.45) is 5.92 Å². The van der Waals surface area contributed by atoms with Gasteiger partial charge in [-0.25, -0.2) is 4.39 Å². The zero-order valence-electron chi connectivity index (χ0n) is 15.4. The van der Waals surface area contributed by atoms with E-state index in [1.165, 1.54) is 18.2 Å². The second-order valence-corrected chi connectivity index (χ2v) is 7.49. The minimum absolute atomic E-state index is 0.0461. The van der Waals surface area contributed by atoms with Crippen LogP contribution in [0.5, 0.6) is 0 Å². The quantitative estimate of drug-likeness (QED) is 0.583. The van der Waals surface area contributed by atoms with Gasteiger partial charge < -0.3 is 15.7 Å². The lowest BCUT2D eigenvalue weighted by Crippen LogP contribution is -2.62. The van der Waals surface area contributed by atoms with Gasteiger partial charge >= 0.3 is 0 Å². The van der Waals surface area contributed by atoms with Gasteiger partial charge in [0.15, 0.2) is 0 Å². The van der Waals surface area contributed by atoms with Crippen molar-refractivity contribution < 1.29 is 19.1 Å². The summed E-state index contributed by atoms with van der Waals surface area (Å²) in [6, 6.07) is 5.97. The first kappa shape index (κ1) is 19.8. The number of rotatable bonds is 7. The molecule has 1 aliphatic heterocycles. The number of nitrogens with one attached hydrogen (secondary N) is 3. The van der Waals surface area contributed by atoms with Crippen molar-refractivity contribution >= 4 is 11.8 Å². The van der Waals surface area contributed by atoms with Gasteiger partial charge in [-0.2, -0.15) is 0 Å². The largest absolute Gasteiger partial charge is 0.387 e. The van der Waals surface area contributed by atoms with Gasteiger partial charge in [0.05, 0.1) is 18.2 Å². The molecule has 1 heterocycles. The van der Waals surface area contributed by atoms with Crippen LogP contribution in [0.1, 0.15) is 56.6 Å². The molecule has 2 fully saturated rings. The molecule has 1 aliphatic carbocycles.